The number of imidazole rings is 1. The minimum Gasteiger partial charge on any atom is -0.467 e. The van der Waals surface area contributed by atoms with Crippen LogP contribution in [0.1, 0.15) is 28.4 Å². The Hall–Kier alpha value is -2.90. The van der Waals surface area contributed by atoms with E-state index in [0.29, 0.717) is 12.1 Å². The molecule has 3 rings (SSSR count). The molecule has 0 aliphatic carbocycles. The Morgan fingerprint density at radius 3 is 2.52 bits per heavy atom. The highest BCUT2D eigenvalue weighted by molar-refractivity contribution is 5.33. The maximum absolute atomic E-state index is 12.8. The molecule has 1 N–H and O–H groups in total. The SMILES string of the molecule is COc1nccc(CC(c2ccc(C(F)(F)F)cc2)c2cnc[nH]2)n1. The molecule has 2 heterocycles. The summed E-state index contributed by atoms with van der Waals surface area (Å²) in [6, 6.07) is 7.11. The van der Waals surface area contributed by atoms with E-state index in [2.05, 4.69) is 19.9 Å². The van der Waals surface area contributed by atoms with Gasteiger partial charge in [-0.2, -0.15) is 13.2 Å². The van der Waals surface area contributed by atoms with Crippen molar-refractivity contribution < 1.29 is 17.9 Å². The van der Waals surface area contributed by atoms with Gasteiger partial charge in [-0.1, -0.05) is 12.1 Å². The van der Waals surface area contributed by atoms with Crippen LogP contribution in [0.15, 0.2) is 49.1 Å². The summed E-state index contributed by atoms with van der Waals surface area (Å²) in [5.41, 5.74) is 1.56. The van der Waals surface area contributed by atoms with E-state index >= 15 is 0 Å². The first-order valence-electron chi connectivity index (χ1n) is 7.48. The van der Waals surface area contributed by atoms with Crippen LogP contribution in [0.25, 0.3) is 0 Å². The molecule has 0 radical (unpaired) electrons. The van der Waals surface area contributed by atoms with Crippen molar-refractivity contribution in [3.8, 4) is 6.01 Å². The van der Waals surface area contributed by atoms with Gasteiger partial charge < -0.3 is 9.72 Å². The topological polar surface area (TPSA) is 63.7 Å². The lowest BCUT2D eigenvalue weighted by molar-refractivity contribution is -0.137. The maximum atomic E-state index is 12.8. The zero-order valence-corrected chi connectivity index (χ0v) is 13.3. The molecule has 0 bridgehead atoms. The number of alkyl halides is 3. The molecule has 0 spiro atoms. The van der Waals surface area contributed by atoms with E-state index < -0.39 is 11.7 Å². The normalized spacial score (nSPS) is 12.8. The van der Waals surface area contributed by atoms with E-state index in [1.165, 1.54) is 25.6 Å². The second-order valence-electron chi connectivity index (χ2n) is 5.42. The molecule has 1 atom stereocenters. The van der Waals surface area contributed by atoms with E-state index in [1.54, 1.807) is 18.5 Å². The number of nitrogens with one attached hydrogen (secondary N) is 1. The summed E-state index contributed by atoms with van der Waals surface area (Å²) >= 11 is 0. The van der Waals surface area contributed by atoms with Gasteiger partial charge in [-0.3, -0.25) is 0 Å². The fourth-order valence-electron chi connectivity index (χ4n) is 2.57. The number of benzene rings is 1. The monoisotopic (exact) mass is 348 g/mol. The number of aromatic nitrogens is 4. The first kappa shape index (κ1) is 16.9. The Bertz CT molecular complexity index is 817. The molecule has 0 saturated carbocycles. The van der Waals surface area contributed by atoms with Gasteiger partial charge in [0.15, 0.2) is 0 Å². The largest absolute Gasteiger partial charge is 0.467 e. The fourth-order valence-corrected chi connectivity index (χ4v) is 2.57. The van der Waals surface area contributed by atoms with Gasteiger partial charge in [0.2, 0.25) is 0 Å². The van der Waals surface area contributed by atoms with Gasteiger partial charge >= 0.3 is 12.2 Å². The van der Waals surface area contributed by atoms with Gasteiger partial charge in [0, 0.05) is 36.1 Å². The van der Waals surface area contributed by atoms with Crippen LogP contribution in [0.5, 0.6) is 6.01 Å². The molecular formula is C17H15F3N4O. The van der Waals surface area contributed by atoms with Crippen LogP contribution in [0.3, 0.4) is 0 Å². The predicted octanol–water partition coefficient (Wildman–Crippen LogP) is 3.60. The third-order valence-electron chi connectivity index (χ3n) is 3.82. The second kappa shape index (κ2) is 6.92. The van der Waals surface area contributed by atoms with Crippen LogP contribution < -0.4 is 4.74 Å². The smallest absolute Gasteiger partial charge is 0.416 e. The van der Waals surface area contributed by atoms with E-state index in [9.17, 15) is 13.2 Å². The van der Waals surface area contributed by atoms with Gasteiger partial charge in [-0.25, -0.2) is 15.0 Å². The number of rotatable bonds is 5. The third-order valence-corrected chi connectivity index (χ3v) is 3.82. The Morgan fingerprint density at radius 2 is 1.92 bits per heavy atom. The third kappa shape index (κ3) is 3.96. The average Bonchev–Trinajstić information content (AvgIpc) is 3.13. The number of H-pyrrole nitrogens is 1. The first-order chi connectivity index (χ1) is 12.0. The van der Waals surface area contributed by atoms with Crippen LogP contribution in [0, 0.1) is 0 Å². The van der Waals surface area contributed by atoms with Crippen molar-refractivity contribution in [1.29, 1.82) is 0 Å². The van der Waals surface area contributed by atoms with E-state index in [-0.39, 0.29) is 11.9 Å². The highest BCUT2D eigenvalue weighted by Crippen LogP contribution is 2.32. The maximum Gasteiger partial charge on any atom is 0.416 e. The quantitative estimate of drug-likeness (QED) is 0.765. The van der Waals surface area contributed by atoms with Crippen LogP contribution >= 0.6 is 0 Å². The van der Waals surface area contributed by atoms with E-state index in [4.69, 9.17) is 4.74 Å². The van der Waals surface area contributed by atoms with Crippen molar-refractivity contribution in [1.82, 2.24) is 19.9 Å². The van der Waals surface area contributed by atoms with Crippen molar-refractivity contribution in [2.75, 3.05) is 7.11 Å². The number of hydrogen-bond acceptors (Lipinski definition) is 4. The minimum atomic E-state index is -4.36. The van der Waals surface area contributed by atoms with Crippen LogP contribution in [0.2, 0.25) is 0 Å². The Morgan fingerprint density at radius 1 is 1.16 bits per heavy atom. The molecule has 1 unspecified atom stereocenters. The minimum absolute atomic E-state index is 0.218. The number of aromatic amines is 1. The molecule has 0 aliphatic rings. The van der Waals surface area contributed by atoms with Crippen molar-refractivity contribution in [2.45, 2.75) is 18.5 Å². The fraction of sp³-hybridized carbons (Fsp3) is 0.235. The molecule has 0 aliphatic heterocycles. The van der Waals surface area contributed by atoms with Gasteiger partial charge in [0.1, 0.15) is 0 Å². The molecule has 3 aromatic rings. The van der Waals surface area contributed by atoms with Gasteiger partial charge in [-0.05, 0) is 23.8 Å². The first-order valence-corrected chi connectivity index (χ1v) is 7.48. The molecule has 0 fully saturated rings. The molecule has 1 aromatic carbocycles. The Labute approximate surface area is 141 Å². The highest BCUT2D eigenvalue weighted by atomic mass is 19.4. The Balaban J connectivity index is 1.93. The molecule has 25 heavy (non-hydrogen) atoms. The second-order valence-corrected chi connectivity index (χ2v) is 5.42. The molecular weight excluding hydrogens is 333 g/mol. The number of ether oxygens (including phenoxy) is 1. The van der Waals surface area contributed by atoms with Gasteiger partial charge in [0.05, 0.1) is 19.0 Å². The van der Waals surface area contributed by atoms with Gasteiger partial charge in [-0.15, -0.1) is 0 Å². The standard InChI is InChI=1S/C17H15F3N4O/c1-25-16-22-7-6-13(24-16)8-14(15-9-21-10-23-15)11-2-4-12(5-3-11)17(18,19)20/h2-7,9-10,14H,8H2,1H3,(H,21,23). The van der Waals surface area contributed by atoms with E-state index in [1.807, 2.05) is 0 Å². The van der Waals surface area contributed by atoms with Crippen molar-refractivity contribution in [2.24, 2.45) is 0 Å². The molecule has 2 aromatic heterocycles. The van der Waals surface area contributed by atoms with Crippen LogP contribution in [-0.2, 0) is 12.6 Å². The molecule has 0 amide bonds. The van der Waals surface area contributed by atoms with Crippen molar-refractivity contribution in [3.05, 3.63) is 71.6 Å². The lowest BCUT2D eigenvalue weighted by Crippen LogP contribution is -2.09. The average molecular weight is 348 g/mol. The zero-order valence-electron chi connectivity index (χ0n) is 13.3. The summed E-state index contributed by atoms with van der Waals surface area (Å²) in [6.07, 6.45) is 0.875. The summed E-state index contributed by atoms with van der Waals surface area (Å²) in [7, 11) is 1.47. The number of halogens is 3. The lowest BCUT2D eigenvalue weighted by atomic mass is 9.91. The summed E-state index contributed by atoms with van der Waals surface area (Å²) < 4.78 is 43.4. The molecule has 130 valence electrons. The predicted molar refractivity (Wildman–Crippen MR) is 84.2 cm³/mol. The number of hydrogen-bond donors (Lipinski definition) is 1. The van der Waals surface area contributed by atoms with Crippen LogP contribution in [-0.4, -0.2) is 27.0 Å². The van der Waals surface area contributed by atoms with Crippen molar-refractivity contribution >= 4 is 0 Å². The molecule has 5 nitrogen and oxygen atoms in total. The van der Waals surface area contributed by atoms with Gasteiger partial charge in [0.25, 0.3) is 0 Å². The van der Waals surface area contributed by atoms with E-state index in [0.717, 1.165) is 23.4 Å². The summed E-state index contributed by atoms with van der Waals surface area (Å²) in [5, 5.41) is 0. The van der Waals surface area contributed by atoms with Crippen molar-refractivity contribution in [3.63, 3.8) is 0 Å². The number of nitrogens with zero attached hydrogens (tertiary/aromatic N) is 3. The highest BCUT2D eigenvalue weighted by Gasteiger charge is 2.30. The Kier molecular flexibility index (Phi) is 4.69. The summed E-state index contributed by atoms with van der Waals surface area (Å²) in [4.78, 5) is 15.3. The lowest BCUT2D eigenvalue weighted by Gasteiger charge is -2.17. The summed E-state index contributed by atoms with van der Waals surface area (Å²) in [6.45, 7) is 0. The van der Waals surface area contributed by atoms with Crippen LogP contribution in [0.4, 0.5) is 13.2 Å². The molecule has 0 saturated heterocycles. The molecule has 8 heteroatoms. The summed E-state index contributed by atoms with van der Waals surface area (Å²) in [5.74, 6) is -0.218. The zero-order chi connectivity index (χ0) is 17.9. The number of methoxy groups -OCH3 is 1.